The van der Waals surface area contributed by atoms with Crippen LogP contribution in [0.5, 0.6) is 11.5 Å². The highest BCUT2D eigenvalue weighted by Crippen LogP contribution is 2.31. The predicted molar refractivity (Wildman–Crippen MR) is 111 cm³/mol. The van der Waals surface area contributed by atoms with Gasteiger partial charge in [-0.2, -0.15) is 0 Å². The Morgan fingerprint density at radius 1 is 1.29 bits per heavy atom. The van der Waals surface area contributed by atoms with Gasteiger partial charge in [-0.1, -0.05) is 11.8 Å². The van der Waals surface area contributed by atoms with Gasteiger partial charge in [-0.25, -0.2) is 13.8 Å². The number of aliphatic imine (C=N–C) groups is 1. The van der Waals surface area contributed by atoms with Crippen molar-refractivity contribution < 1.29 is 23.0 Å². The molecule has 1 aliphatic rings. The Labute approximate surface area is 177 Å². The number of nitrogens with one attached hydrogen (secondary N) is 2. The number of carbonyl (C=O) groups is 1. The second kappa shape index (κ2) is 9.30. The number of aromatic nitrogens is 1. The number of nitrogens with two attached hydrogens (primary N) is 1. The molecule has 0 radical (unpaired) electrons. The second-order valence-corrected chi connectivity index (χ2v) is 6.78. The van der Waals surface area contributed by atoms with E-state index in [0.29, 0.717) is 24.3 Å². The van der Waals surface area contributed by atoms with Crippen molar-refractivity contribution in [2.24, 2.45) is 10.7 Å². The van der Waals surface area contributed by atoms with Crippen LogP contribution in [0.4, 0.5) is 8.78 Å². The Balaban J connectivity index is 2.08. The summed E-state index contributed by atoms with van der Waals surface area (Å²) in [7, 11) is 2.50. The van der Waals surface area contributed by atoms with Gasteiger partial charge in [-0.05, 0) is 12.5 Å². The summed E-state index contributed by atoms with van der Waals surface area (Å²) < 4.78 is 39.1. The predicted octanol–water partition coefficient (Wildman–Crippen LogP) is 1.97. The first kappa shape index (κ1) is 21.8. The van der Waals surface area contributed by atoms with Crippen LogP contribution < -0.4 is 15.2 Å². The number of amidine groups is 1. The number of halogens is 2. The van der Waals surface area contributed by atoms with E-state index in [1.807, 2.05) is 0 Å². The summed E-state index contributed by atoms with van der Waals surface area (Å²) in [4.78, 5) is 19.5. The van der Waals surface area contributed by atoms with E-state index in [1.165, 1.54) is 14.2 Å². The molecule has 1 amide bonds. The standard InChI is InChI=1S/C21H21F2N5O3/c1-30-16-8-17(31-2)19(23)14(18(16)22)4-3-12-7-15(13-5-6-28(9-13)11-29)27-20(12)21(25)26-10-24/h7-8,10-11,13,27H,5-6,9H2,1-2H3,(H3,24,25,26). The summed E-state index contributed by atoms with van der Waals surface area (Å²) in [5.41, 5.74) is 6.86. The number of ether oxygens (including phenoxy) is 2. The molecule has 3 rings (SSSR count). The molecule has 0 aliphatic carbocycles. The van der Waals surface area contributed by atoms with Gasteiger partial charge in [0, 0.05) is 30.8 Å². The number of carbonyl (C=O) groups excluding carboxylic acids is 1. The summed E-state index contributed by atoms with van der Waals surface area (Å²) >= 11 is 0. The fraction of sp³-hybridized carbons (Fsp3) is 0.286. The van der Waals surface area contributed by atoms with E-state index in [9.17, 15) is 13.6 Å². The first-order chi connectivity index (χ1) is 14.9. The van der Waals surface area contributed by atoms with Gasteiger partial charge in [0.25, 0.3) is 0 Å². The van der Waals surface area contributed by atoms with Crippen molar-refractivity contribution in [2.75, 3.05) is 27.3 Å². The van der Waals surface area contributed by atoms with Gasteiger partial charge in [-0.15, -0.1) is 0 Å². The molecule has 162 valence electrons. The molecule has 1 atom stereocenters. The highest BCUT2D eigenvalue weighted by atomic mass is 19.1. The highest BCUT2D eigenvalue weighted by Gasteiger charge is 2.25. The minimum Gasteiger partial charge on any atom is -0.493 e. The Morgan fingerprint density at radius 3 is 2.52 bits per heavy atom. The molecule has 1 saturated heterocycles. The average molecular weight is 429 g/mol. The van der Waals surface area contributed by atoms with Gasteiger partial charge in [0.05, 0.1) is 25.5 Å². The van der Waals surface area contributed by atoms with E-state index in [2.05, 4.69) is 21.8 Å². The largest absolute Gasteiger partial charge is 0.493 e. The van der Waals surface area contributed by atoms with Crippen LogP contribution in [0.1, 0.15) is 34.9 Å². The smallest absolute Gasteiger partial charge is 0.209 e. The quantitative estimate of drug-likeness (QED) is 0.282. The normalized spacial score (nSPS) is 15.9. The zero-order valence-corrected chi connectivity index (χ0v) is 17.0. The number of aromatic amines is 1. The minimum atomic E-state index is -0.954. The van der Waals surface area contributed by atoms with E-state index >= 15 is 0 Å². The summed E-state index contributed by atoms with van der Waals surface area (Å²) in [5.74, 6) is 2.93. The van der Waals surface area contributed by atoms with Crippen molar-refractivity contribution in [3.63, 3.8) is 0 Å². The first-order valence-electron chi connectivity index (χ1n) is 9.30. The number of rotatable bonds is 6. The molecule has 1 unspecified atom stereocenters. The number of hydrogen-bond acceptors (Lipinski definition) is 4. The molecular formula is C21H21F2N5O3. The van der Waals surface area contributed by atoms with Crippen molar-refractivity contribution in [1.29, 1.82) is 5.41 Å². The topological polar surface area (TPSA) is 117 Å². The zero-order chi connectivity index (χ0) is 22.5. The Kier molecular flexibility index (Phi) is 6.55. The summed E-state index contributed by atoms with van der Waals surface area (Å²) in [6, 6.07) is 2.81. The van der Waals surface area contributed by atoms with Gasteiger partial charge in [0.2, 0.25) is 6.41 Å². The third-order valence-corrected chi connectivity index (χ3v) is 5.00. The number of hydrogen-bond donors (Lipinski definition) is 3. The number of methoxy groups -OCH3 is 2. The fourth-order valence-corrected chi connectivity index (χ4v) is 3.39. The lowest BCUT2D eigenvalue weighted by atomic mass is 10.0. The van der Waals surface area contributed by atoms with Crippen molar-refractivity contribution in [3.8, 4) is 23.3 Å². The van der Waals surface area contributed by atoms with E-state index in [4.69, 9.17) is 20.6 Å². The molecule has 2 heterocycles. The van der Waals surface area contributed by atoms with Gasteiger partial charge >= 0.3 is 0 Å². The molecule has 8 nitrogen and oxygen atoms in total. The number of amides is 1. The van der Waals surface area contributed by atoms with Crippen molar-refractivity contribution in [3.05, 3.63) is 46.3 Å². The molecule has 1 fully saturated rings. The van der Waals surface area contributed by atoms with Crippen LogP contribution in [0.15, 0.2) is 17.1 Å². The van der Waals surface area contributed by atoms with E-state index in [1.54, 1.807) is 11.0 Å². The Hall–Kier alpha value is -3.87. The Bertz CT molecular complexity index is 1070. The maximum absolute atomic E-state index is 14.6. The molecule has 2 aromatic rings. The summed E-state index contributed by atoms with van der Waals surface area (Å²) in [6.07, 6.45) is 2.31. The van der Waals surface area contributed by atoms with Crippen LogP contribution in [0, 0.1) is 28.9 Å². The van der Waals surface area contributed by atoms with Crippen LogP contribution in [0.25, 0.3) is 0 Å². The summed E-state index contributed by atoms with van der Waals surface area (Å²) in [6.45, 7) is 1.14. The lowest BCUT2D eigenvalue weighted by Gasteiger charge is -2.08. The SMILES string of the molecule is COc1cc(OC)c(F)c(C#Cc2cc(C3CCN(C=O)C3)[nH]c2C(N)=NC=N)c1F. The molecule has 0 saturated carbocycles. The van der Waals surface area contributed by atoms with Crippen LogP contribution in [-0.2, 0) is 4.79 Å². The van der Waals surface area contributed by atoms with Gasteiger partial charge in [0.15, 0.2) is 23.1 Å². The second-order valence-electron chi connectivity index (χ2n) is 6.78. The monoisotopic (exact) mass is 429 g/mol. The molecule has 1 aromatic heterocycles. The third kappa shape index (κ3) is 4.35. The fourth-order valence-electron chi connectivity index (χ4n) is 3.39. The zero-order valence-electron chi connectivity index (χ0n) is 17.0. The third-order valence-electron chi connectivity index (χ3n) is 5.00. The van der Waals surface area contributed by atoms with Crippen LogP contribution >= 0.6 is 0 Å². The number of likely N-dealkylation sites (tertiary alicyclic amines) is 1. The molecule has 1 aliphatic heterocycles. The molecule has 31 heavy (non-hydrogen) atoms. The number of nitrogens with zero attached hydrogens (tertiary/aromatic N) is 2. The molecule has 4 N–H and O–H groups in total. The number of benzene rings is 1. The molecule has 10 heteroatoms. The summed E-state index contributed by atoms with van der Waals surface area (Å²) in [5, 5.41) is 7.15. The van der Waals surface area contributed by atoms with Crippen molar-refractivity contribution in [1.82, 2.24) is 9.88 Å². The lowest BCUT2D eigenvalue weighted by Crippen LogP contribution is -2.18. The maximum atomic E-state index is 14.6. The molecule has 1 aromatic carbocycles. The van der Waals surface area contributed by atoms with Crippen LogP contribution in [0.2, 0.25) is 0 Å². The van der Waals surface area contributed by atoms with E-state index < -0.39 is 17.2 Å². The van der Waals surface area contributed by atoms with E-state index in [0.717, 1.165) is 30.9 Å². The first-order valence-corrected chi connectivity index (χ1v) is 9.30. The van der Waals surface area contributed by atoms with Gasteiger partial charge in [-0.3, -0.25) is 10.2 Å². The number of H-pyrrole nitrogens is 1. The molecular weight excluding hydrogens is 408 g/mol. The molecule has 0 bridgehead atoms. The molecule has 0 spiro atoms. The highest BCUT2D eigenvalue weighted by molar-refractivity contribution is 6.01. The Morgan fingerprint density at radius 2 is 1.97 bits per heavy atom. The van der Waals surface area contributed by atoms with Crippen LogP contribution in [-0.4, -0.2) is 55.8 Å². The van der Waals surface area contributed by atoms with E-state index in [-0.39, 0.29) is 23.3 Å². The van der Waals surface area contributed by atoms with Gasteiger partial charge in [0.1, 0.15) is 17.7 Å². The van der Waals surface area contributed by atoms with Crippen LogP contribution in [0.3, 0.4) is 0 Å². The van der Waals surface area contributed by atoms with Gasteiger partial charge < -0.3 is 25.1 Å². The average Bonchev–Trinajstić information content (AvgIpc) is 3.41. The minimum absolute atomic E-state index is 0.0000397. The lowest BCUT2D eigenvalue weighted by molar-refractivity contribution is -0.117. The van der Waals surface area contributed by atoms with Crippen molar-refractivity contribution in [2.45, 2.75) is 12.3 Å². The maximum Gasteiger partial charge on any atom is 0.209 e. The van der Waals surface area contributed by atoms with Crippen molar-refractivity contribution >= 4 is 18.6 Å².